The third-order valence-electron chi connectivity index (χ3n) is 4.12. The van der Waals surface area contributed by atoms with E-state index in [0.717, 1.165) is 26.5 Å². The molecule has 3 N–H and O–H groups in total. The second-order valence-corrected chi connectivity index (χ2v) is 7.17. The maximum atomic E-state index is 12.4. The minimum atomic E-state index is -0.160. The Kier molecular flexibility index (Phi) is 4.14. The molecule has 0 fully saturated rings. The number of nitrogens with two attached hydrogens (primary N) is 1. The number of hydrogen-bond donors (Lipinski definition) is 2. The Balaban J connectivity index is 1.60. The SMILES string of the molecule is Cc1ccc(-c2nc3ccc(NC(=O)c4ccc(N)cc4)cc3s2)cc1. The van der Waals surface area contributed by atoms with Crippen LogP contribution in [0, 0.1) is 6.92 Å². The van der Waals surface area contributed by atoms with Gasteiger partial charge in [-0.25, -0.2) is 4.98 Å². The molecule has 0 aliphatic rings. The lowest BCUT2D eigenvalue weighted by Crippen LogP contribution is -2.11. The predicted octanol–water partition coefficient (Wildman–Crippen LogP) is 5.11. The largest absolute Gasteiger partial charge is 0.399 e. The molecule has 1 amide bonds. The van der Waals surface area contributed by atoms with E-state index in [-0.39, 0.29) is 5.91 Å². The number of hydrogen-bond acceptors (Lipinski definition) is 4. The van der Waals surface area contributed by atoms with Gasteiger partial charge in [-0.2, -0.15) is 0 Å². The number of thiazole rings is 1. The number of anilines is 2. The Hall–Kier alpha value is -3.18. The fourth-order valence-electron chi connectivity index (χ4n) is 2.66. The highest BCUT2D eigenvalue weighted by Crippen LogP contribution is 2.32. The lowest BCUT2D eigenvalue weighted by molar-refractivity contribution is 0.102. The van der Waals surface area contributed by atoms with Crippen molar-refractivity contribution in [3.8, 4) is 10.6 Å². The van der Waals surface area contributed by atoms with E-state index in [1.165, 1.54) is 5.56 Å². The predicted molar refractivity (Wildman–Crippen MR) is 109 cm³/mol. The van der Waals surface area contributed by atoms with Gasteiger partial charge in [0.25, 0.3) is 5.91 Å². The van der Waals surface area contributed by atoms with E-state index in [1.54, 1.807) is 35.6 Å². The third kappa shape index (κ3) is 3.30. The van der Waals surface area contributed by atoms with E-state index < -0.39 is 0 Å². The molecule has 26 heavy (non-hydrogen) atoms. The lowest BCUT2D eigenvalue weighted by atomic mass is 10.2. The van der Waals surface area contributed by atoms with Gasteiger partial charge in [-0.1, -0.05) is 29.8 Å². The molecule has 0 bridgehead atoms. The molecule has 4 nitrogen and oxygen atoms in total. The Morgan fingerprint density at radius 1 is 1.00 bits per heavy atom. The first kappa shape index (κ1) is 16.3. The van der Waals surface area contributed by atoms with Gasteiger partial charge in [0.05, 0.1) is 10.2 Å². The molecule has 0 aliphatic heterocycles. The van der Waals surface area contributed by atoms with Gasteiger partial charge in [-0.05, 0) is 49.4 Å². The van der Waals surface area contributed by atoms with Gasteiger partial charge in [0.15, 0.2) is 0 Å². The van der Waals surface area contributed by atoms with Crippen molar-refractivity contribution >= 4 is 38.8 Å². The molecule has 1 heterocycles. The quantitative estimate of drug-likeness (QED) is 0.500. The molecule has 0 spiro atoms. The number of benzene rings is 3. The smallest absolute Gasteiger partial charge is 0.255 e. The van der Waals surface area contributed by atoms with Gasteiger partial charge >= 0.3 is 0 Å². The highest BCUT2D eigenvalue weighted by Gasteiger charge is 2.09. The summed E-state index contributed by atoms with van der Waals surface area (Å²) in [6.45, 7) is 2.07. The molecule has 5 heteroatoms. The standard InChI is InChI=1S/C21H17N3OS/c1-13-2-4-15(5-3-13)21-24-18-11-10-17(12-19(18)26-21)23-20(25)14-6-8-16(22)9-7-14/h2-12H,22H2,1H3,(H,23,25). The first-order valence-electron chi connectivity index (χ1n) is 8.23. The van der Waals surface area contributed by atoms with Gasteiger partial charge < -0.3 is 11.1 Å². The number of amides is 1. The van der Waals surface area contributed by atoms with Crippen molar-refractivity contribution in [3.05, 3.63) is 77.9 Å². The average molecular weight is 359 g/mol. The lowest BCUT2D eigenvalue weighted by Gasteiger charge is -2.05. The van der Waals surface area contributed by atoms with Crippen molar-refractivity contribution < 1.29 is 4.79 Å². The number of aryl methyl sites for hydroxylation is 1. The summed E-state index contributed by atoms with van der Waals surface area (Å²) in [5.41, 5.74) is 10.9. The van der Waals surface area contributed by atoms with Crippen molar-refractivity contribution in [2.75, 3.05) is 11.1 Å². The minimum absolute atomic E-state index is 0.160. The monoisotopic (exact) mass is 359 g/mol. The molecule has 128 valence electrons. The van der Waals surface area contributed by atoms with Crippen LogP contribution in [0.5, 0.6) is 0 Å². The van der Waals surface area contributed by atoms with Crippen molar-refractivity contribution in [1.82, 2.24) is 4.98 Å². The second-order valence-electron chi connectivity index (χ2n) is 6.14. The van der Waals surface area contributed by atoms with Crippen LogP contribution in [0.4, 0.5) is 11.4 Å². The number of nitrogens with one attached hydrogen (secondary N) is 1. The number of nitrogens with zero attached hydrogens (tertiary/aromatic N) is 1. The van der Waals surface area contributed by atoms with E-state index in [9.17, 15) is 4.79 Å². The number of aromatic nitrogens is 1. The topological polar surface area (TPSA) is 68.0 Å². The maximum Gasteiger partial charge on any atom is 0.255 e. The zero-order valence-electron chi connectivity index (χ0n) is 14.2. The number of nitrogen functional groups attached to an aromatic ring is 1. The zero-order chi connectivity index (χ0) is 18.1. The van der Waals surface area contributed by atoms with Crippen LogP contribution < -0.4 is 11.1 Å². The normalized spacial score (nSPS) is 10.8. The summed E-state index contributed by atoms with van der Waals surface area (Å²) < 4.78 is 1.04. The summed E-state index contributed by atoms with van der Waals surface area (Å²) in [7, 11) is 0. The summed E-state index contributed by atoms with van der Waals surface area (Å²) >= 11 is 1.62. The highest BCUT2D eigenvalue weighted by atomic mass is 32.1. The number of fused-ring (bicyclic) bond motifs is 1. The maximum absolute atomic E-state index is 12.4. The van der Waals surface area contributed by atoms with Crippen molar-refractivity contribution in [3.63, 3.8) is 0 Å². The minimum Gasteiger partial charge on any atom is -0.399 e. The average Bonchev–Trinajstić information content (AvgIpc) is 3.06. The first-order valence-corrected chi connectivity index (χ1v) is 9.05. The van der Waals surface area contributed by atoms with E-state index >= 15 is 0 Å². The third-order valence-corrected chi connectivity index (χ3v) is 5.18. The summed E-state index contributed by atoms with van der Waals surface area (Å²) in [6, 6.07) is 21.0. The van der Waals surface area contributed by atoms with Crippen molar-refractivity contribution in [2.24, 2.45) is 0 Å². The Morgan fingerprint density at radius 3 is 2.46 bits per heavy atom. The molecule has 0 saturated carbocycles. The summed E-state index contributed by atoms with van der Waals surface area (Å²) in [5.74, 6) is -0.160. The van der Waals surface area contributed by atoms with Crippen LogP contribution in [0.25, 0.3) is 20.8 Å². The fourth-order valence-corrected chi connectivity index (χ4v) is 3.67. The van der Waals surface area contributed by atoms with Gasteiger partial charge in [-0.15, -0.1) is 11.3 Å². The van der Waals surface area contributed by atoms with Crippen molar-refractivity contribution in [1.29, 1.82) is 0 Å². The Bertz CT molecular complexity index is 1080. The number of carbonyl (C=O) groups is 1. The summed E-state index contributed by atoms with van der Waals surface area (Å²) in [6.07, 6.45) is 0. The second kappa shape index (κ2) is 6.61. The molecule has 3 aromatic carbocycles. The van der Waals surface area contributed by atoms with Crippen LogP contribution in [-0.2, 0) is 0 Å². The van der Waals surface area contributed by atoms with Crippen LogP contribution in [0.2, 0.25) is 0 Å². The zero-order valence-corrected chi connectivity index (χ0v) is 15.0. The molecule has 0 radical (unpaired) electrons. The van der Waals surface area contributed by atoms with Gasteiger partial charge in [0.1, 0.15) is 5.01 Å². The molecule has 4 rings (SSSR count). The van der Waals surface area contributed by atoms with Crippen LogP contribution in [-0.4, -0.2) is 10.9 Å². The molecule has 0 aliphatic carbocycles. The van der Waals surface area contributed by atoms with E-state index in [0.29, 0.717) is 11.3 Å². The van der Waals surface area contributed by atoms with E-state index in [4.69, 9.17) is 10.7 Å². The summed E-state index contributed by atoms with van der Waals surface area (Å²) in [4.78, 5) is 17.0. The van der Waals surface area contributed by atoms with Gasteiger partial charge in [-0.3, -0.25) is 4.79 Å². The van der Waals surface area contributed by atoms with Crippen LogP contribution in [0.15, 0.2) is 66.7 Å². The molecule has 0 unspecified atom stereocenters. The molecular formula is C21H17N3OS. The van der Waals surface area contributed by atoms with Gasteiger partial charge in [0.2, 0.25) is 0 Å². The highest BCUT2D eigenvalue weighted by molar-refractivity contribution is 7.21. The molecule has 0 saturated heterocycles. The molecular weight excluding hydrogens is 342 g/mol. The number of rotatable bonds is 3. The Morgan fingerprint density at radius 2 is 1.73 bits per heavy atom. The molecule has 1 aromatic heterocycles. The van der Waals surface area contributed by atoms with Gasteiger partial charge in [0, 0.05) is 22.5 Å². The fraction of sp³-hybridized carbons (Fsp3) is 0.0476. The first-order chi connectivity index (χ1) is 12.6. The van der Waals surface area contributed by atoms with Crippen LogP contribution in [0.3, 0.4) is 0 Å². The van der Waals surface area contributed by atoms with Crippen LogP contribution in [0.1, 0.15) is 15.9 Å². The van der Waals surface area contributed by atoms with E-state index in [2.05, 4.69) is 36.5 Å². The Labute approximate surface area is 155 Å². The molecule has 4 aromatic rings. The summed E-state index contributed by atoms with van der Waals surface area (Å²) in [5, 5.41) is 3.90. The number of carbonyl (C=O) groups excluding carboxylic acids is 1. The van der Waals surface area contributed by atoms with Crippen molar-refractivity contribution in [2.45, 2.75) is 6.92 Å². The van der Waals surface area contributed by atoms with E-state index in [1.807, 2.05) is 18.2 Å². The van der Waals surface area contributed by atoms with Crippen LogP contribution >= 0.6 is 11.3 Å². The molecule has 0 atom stereocenters.